The maximum Gasteiger partial charge on any atom is 0.248 e. The minimum Gasteiger partial charge on any atom is -0.449 e. The van der Waals surface area contributed by atoms with Gasteiger partial charge in [-0.2, -0.15) is 0 Å². The van der Waals surface area contributed by atoms with Crippen molar-refractivity contribution < 1.29 is 18.8 Å². The first-order chi connectivity index (χ1) is 10.1. The van der Waals surface area contributed by atoms with Crippen molar-refractivity contribution in [3.8, 4) is 11.5 Å². The Balaban J connectivity index is 1.68. The fourth-order valence-corrected chi connectivity index (χ4v) is 2.08. The van der Waals surface area contributed by atoms with Gasteiger partial charge in [-0.3, -0.25) is 4.79 Å². The van der Waals surface area contributed by atoms with E-state index in [9.17, 15) is 4.79 Å². The molecule has 1 aliphatic rings. The van der Waals surface area contributed by atoms with Crippen LogP contribution in [0.2, 0.25) is 0 Å². The van der Waals surface area contributed by atoms with Crippen molar-refractivity contribution in [2.75, 3.05) is 5.32 Å². The van der Waals surface area contributed by atoms with Gasteiger partial charge in [-0.15, -0.1) is 0 Å². The second kappa shape index (κ2) is 5.12. The average molecular weight is 288 g/mol. The summed E-state index contributed by atoms with van der Waals surface area (Å²) in [5, 5.41) is 6.50. The number of carbonyl (C=O) groups is 1. The van der Waals surface area contributed by atoms with Gasteiger partial charge < -0.3 is 19.3 Å². The van der Waals surface area contributed by atoms with Crippen molar-refractivity contribution in [1.82, 2.24) is 5.16 Å². The van der Waals surface area contributed by atoms with E-state index in [0.29, 0.717) is 22.9 Å². The van der Waals surface area contributed by atoms with Crippen LogP contribution in [0.1, 0.15) is 26.0 Å². The number of amides is 1. The van der Waals surface area contributed by atoms with E-state index in [0.717, 1.165) is 6.42 Å². The maximum atomic E-state index is 11.9. The predicted molar refractivity (Wildman–Crippen MR) is 75.2 cm³/mol. The largest absolute Gasteiger partial charge is 0.449 e. The van der Waals surface area contributed by atoms with Gasteiger partial charge in [0.1, 0.15) is 6.26 Å². The second-order valence-electron chi connectivity index (χ2n) is 5.07. The lowest BCUT2D eigenvalue weighted by Gasteiger charge is -2.20. The van der Waals surface area contributed by atoms with Gasteiger partial charge >= 0.3 is 0 Å². The van der Waals surface area contributed by atoms with Gasteiger partial charge in [-0.1, -0.05) is 12.1 Å². The molecule has 2 aromatic rings. The van der Waals surface area contributed by atoms with Crippen molar-refractivity contribution in [3.05, 3.63) is 36.2 Å². The summed E-state index contributed by atoms with van der Waals surface area (Å²) in [6.07, 6.45) is 2.34. The van der Waals surface area contributed by atoms with Crippen LogP contribution in [0.25, 0.3) is 0 Å². The van der Waals surface area contributed by atoms with Crippen LogP contribution in [-0.2, 0) is 11.2 Å². The molecule has 0 saturated heterocycles. The molecule has 6 nitrogen and oxygen atoms in total. The van der Waals surface area contributed by atoms with E-state index in [1.54, 1.807) is 24.3 Å². The molecule has 1 aromatic heterocycles. The number of hydrogen-bond donors (Lipinski definition) is 1. The van der Waals surface area contributed by atoms with Gasteiger partial charge in [-0.05, 0) is 12.1 Å². The summed E-state index contributed by atoms with van der Waals surface area (Å²) in [4.78, 5) is 11.9. The Morgan fingerprint density at radius 2 is 2.10 bits per heavy atom. The third-order valence-electron chi connectivity index (χ3n) is 3.35. The zero-order valence-electron chi connectivity index (χ0n) is 11.9. The molecule has 1 atom stereocenters. The Labute approximate surface area is 122 Å². The normalized spacial score (nSPS) is 19.5. The summed E-state index contributed by atoms with van der Waals surface area (Å²) in [6.45, 7) is 3.88. The zero-order valence-corrected chi connectivity index (χ0v) is 11.9. The lowest BCUT2D eigenvalue weighted by atomic mass is 10.2. The molecular weight excluding hydrogens is 272 g/mol. The Bertz CT molecular complexity index is 654. The number of ether oxygens (including phenoxy) is 2. The number of hydrogen-bond acceptors (Lipinski definition) is 5. The number of fused-ring (bicyclic) bond motifs is 1. The van der Waals surface area contributed by atoms with E-state index in [1.807, 2.05) is 13.8 Å². The van der Waals surface area contributed by atoms with Gasteiger partial charge in [0.25, 0.3) is 0 Å². The first-order valence-electron chi connectivity index (χ1n) is 6.79. The summed E-state index contributed by atoms with van der Waals surface area (Å²) in [7, 11) is 0. The number of rotatable bonds is 4. The Morgan fingerprint density at radius 1 is 1.29 bits per heavy atom. The first-order valence-corrected chi connectivity index (χ1v) is 6.79. The summed E-state index contributed by atoms with van der Waals surface area (Å²) in [5.41, 5.74) is 1.25. The summed E-state index contributed by atoms with van der Waals surface area (Å²) < 4.78 is 16.2. The second-order valence-corrected chi connectivity index (χ2v) is 5.07. The minimum atomic E-state index is -0.633. The SMILES string of the molecule is CC[C@]1(C)Oc2ccc(NC(=O)Cc3ccon3)cc2O1. The van der Waals surface area contributed by atoms with Crippen molar-refractivity contribution in [2.45, 2.75) is 32.5 Å². The van der Waals surface area contributed by atoms with Crippen molar-refractivity contribution in [2.24, 2.45) is 0 Å². The van der Waals surface area contributed by atoms with Crippen LogP contribution < -0.4 is 14.8 Å². The lowest BCUT2D eigenvalue weighted by molar-refractivity contribution is -0.115. The fraction of sp³-hybridized carbons (Fsp3) is 0.333. The van der Waals surface area contributed by atoms with Crippen molar-refractivity contribution >= 4 is 11.6 Å². The molecule has 6 heteroatoms. The molecule has 1 N–H and O–H groups in total. The standard InChI is InChI=1S/C15H16N2O4/c1-3-15(2)20-12-5-4-10(8-13(12)21-15)16-14(18)9-11-6-7-19-17-11/h4-8H,3,9H2,1-2H3,(H,16,18)/t15-/m1/s1. The van der Waals surface area contributed by atoms with Gasteiger partial charge in [0, 0.05) is 31.2 Å². The number of nitrogens with one attached hydrogen (secondary N) is 1. The Morgan fingerprint density at radius 3 is 2.81 bits per heavy atom. The molecule has 0 fully saturated rings. The topological polar surface area (TPSA) is 73.6 Å². The number of nitrogens with zero attached hydrogens (tertiary/aromatic N) is 1. The van der Waals surface area contributed by atoms with E-state index < -0.39 is 5.79 Å². The molecule has 0 spiro atoms. The number of benzene rings is 1. The smallest absolute Gasteiger partial charge is 0.248 e. The molecule has 2 heterocycles. The average Bonchev–Trinajstić information content (AvgIpc) is 3.05. The molecule has 0 aliphatic carbocycles. The Kier molecular flexibility index (Phi) is 3.29. The molecule has 0 radical (unpaired) electrons. The third kappa shape index (κ3) is 2.84. The molecule has 1 aromatic carbocycles. The highest BCUT2D eigenvalue weighted by Crippen LogP contribution is 2.41. The van der Waals surface area contributed by atoms with Gasteiger partial charge in [0.2, 0.25) is 11.7 Å². The van der Waals surface area contributed by atoms with Gasteiger partial charge in [0.15, 0.2) is 11.5 Å². The first kappa shape index (κ1) is 13.5. The van der Waals surface area contributed by atoms with E-state index in [1.165, 1.54) is 6.26 Å². The lowest BCUT2D eigenvalue weighted by Crippen LogP contribution is -2.33. The van der Waals surface area contributed by atoms with Crippen LogP contribution in [0.15, 0.2) is 35.1 Å². The highest BCUT2D eigenvalue weighted by atomic mass is 16.7. The molecule has 0 unspecified atom stereocenters. The zero-order chi connectivity index (χ0) is 14.9. The molecule has 110 valence electrons. The van der Waals surface area contributed by atoms with Crippen LogP contribution in [0.5, 0.6) is 11.5 Å². The highest BCUT2D eigenvalue weighted by molar-refractivity contribution is 5.92. The molecule has 0 bridgehead atoms. The van der Waals surface area contributed by atoms with Crippen LogP contribution in [-0.4, -0.2) is 16.9 Å². The molecule has 1 aliphatic heterocycles. The quantitative estimate of drug-likeness (QED) is 0.936. The third-order valence-corrected chi connectivity index (χ3v) is 3.35. The molecule has 3 rings (SSSR count). The highest BCUT2D eigenvalue weighted by Gasteiger charge is 2.34. The summed E-state index contributed by atoms with van der Waals surface area (Å²) in [6, 6.07) is 7.00. The molecule has 1 amide bonds. The van der Waals surface area contributed by atoms with Crippen molar-refractivity contribution in [3.63, 3.8) is 0 Å². The van der Waals surface area contributed by atoms with E-state index in [2.05, 4.69) is 10.5 Å². The maximum absolute atomic E-state index is 11.9. The van der Waals surface area contributed by atoms with E-state index in [4.69, 9.17) is 14.0 Å². The van der Waals surface area contributed by atoms with Crippen LogP contribution >= 0.6 is 0 Å². The van der Waals surface area contributed by atoms with E-state index >= 15 is 0 Å². The van der Waals surface area contributed by atoms with Crippen LogP contribution in [0, 0.1) is 0 Å². The summed E-state index contributed by atoms with van der Waals surface area (Å²) >= 11 is 0. The number of anilines is 1. The van der Waals surface area contributed by atoms with E-state index in [-0.39, 0.29) is 12.3 Å². The van der Waals surface area contributed by atoms with Crippen molar-refractivity contribution in [1.29, 1.82) is 0 Å². The molecule has 21 heavy (non-hydrogen) atoms. The molecule has 0 saturated carbocycles. The minimum absolute atomic E-state index is 0.164. The number of carbonyl (C=O) groups excluding carboxylic acids is 1. The van der Waals surface area contributed by atoms with Gasteiger partial charge in [-0.25, -0.2) is 0 Å². The number of aromatic nitrogens is 1. The van der Waals surface area contributed by atoms with Gasteiger partial charge in [0.05, 0.1) is 12.1 Å². The van der Waals surface area contributed by atoms with Crippen LogP contribution in [0.3, 0.4) is 0 Å². The molecular formula is C15H16N2O4. The van der Waals surface area contributed by atoms with Crippen LogP contribution in [0.4, 0.5) is 5.69 Å². The predicted octanol–water partition coefficient (Wildman–Crippen LogP) is 2.75. The summed E-state index contributed by atoms with van der Waals surface area (Å²) in [5.74, 6) is 0.527. The Hall–Kier alpha value is -2.50. The fourth-order valence-electron chi connectivity index (χ4n) is 2.08. The monoisotopic (exact) mass is 288 g/mol.